The Morgan fingerprint density at radius 2 is 1.73 bits per heavy atom. The maximum Gasteiger partial charge on any atom is 0.258 e. The Hall–Kier alpha value is -2.86. The van der Waals surface area contributed by atoms with Crippen LogP contribution in [0.5, 0.6) is 11.5 Å². The number of nitrogens with zero attached hydrogens (tertiary/aromatic N) is 2. The van der Waals surface area contributed by atoms with Gasteiger partial charge in [-0.05, 0) is 49.7 Å². The quantitative estimate of drug-likeness (QED) is 0.783. The van der Waals surface area contributed by atoms with Crippen molar-refractivity contribution in [2.75, 3.05) is 19.9 Å². The number of ether oxygens (including phenoxy) is 2. The number of benzene rings is 2. The molecule has 0 atom stereocenters. The minimum Gasteiger partial charge on any atom is -0.454 e. The molecule has 0 radical (unpaired) electrons. The molecule has 0 saturated carbocycles. The summed E-state index contributed by atoms with van der Waals surface area (Å²) in [5.41, 5.74) is 1.86. The average Bonchev–Trinajstić information content (AvgIpc) is 3.38. The fourth-order valence-electron chi connectivity index (χ4n) is 3.82. The first-order chi connectivity index (χ1) is 12.9. The van der Waals surface area contributed by atoms with Gasteiger partial charge in [-0.25, -0.2) is 0 Å². The van der Waals surface area contributed by atoms with Crippen LogP contribution in [0.25, 0.3) is 11.5 Å². The molecule has 6 heteroatoms. The van der Waals surface area contributed by atoms with Gasteiger partial charge in [0, 0.05) is 5.56 Å². The lowest BCUT2D eigenvalue weighted by atomic mass is 9.72. The molecule has 0 unspecified atom stereocenters. The van der Waals surface area contributed by atoms with Crippen molar-refractivity contribution in [3.63, 3.8) is 0 Å². The SMILES string of the molecule is c1ccc(C2(c3noc(-c4ccc5c(c4)OCO5)n3)CCNCC2)cc1. The number of nitrogens with one attached hydrogen (secondary N) is 1. The predicted molar refractivity (Wildman–Crippen MR) is 95.2 cm³/mol. The van der Waals surface area contributed by atoms with Gasteiger partial charge in [-0.15, -0.1) is 0 Å². The van der Waals surface area contributed by atoms with E-state index in [4.69, 9.17) is 19.0 Å². The maximum atomic E-state index is 5.63. The van der Waals surface area contributed by atoms with E-state index in [0.717, 1.165) is 43.1 Å². The van der Waals surface area contributed by atoms with Crippen LogP contribution in [0.3, 0.4) is 0 Å². The van der Waals surface area contributed by atoms with Crippen LogP contribution in [-0.2, 0) is 5.41 Å². The van der Waals surface area contributed by atoms with E-state index < -0.39 is 0 Å². The van der Waals surface area contributed by atoms with Crippen molar-refractivity contribution in [1.82, 2.24) is 15.5 Å². The molecule has 6 nitrogen and oxygen atoms in total. The second kappa shape index (κ2) is 6.14. The van der Waals surface area contributed by atoms with Gasteiger partial charge in [0.25, 0.3) is 5.89 Å². The summed E-state index contributed by atoms with van der Waals surface area (Å²) in [5.74, 6) is 2.71. The average molecular weight is 349 g/mol. The van der Waals surface area contributed by atoms with Crippen LogP contribution in [0.15, 0.2) is 53.1 Å². The highest BCUT2D eigenvalue weighted by Gasteiger charge is 2.40. The molecule has 2 aromatic carbocycles. The zero-order chi connectivity index (χ0) is 17.4. The van der Waals surface area contributed by atoms with Crippen LogP contribution in [0.1, 0.15) is 24.2 Å². The lowest BCUT2D eigenvalue weighted by Crippen LogP contribution is -2.41. The Bertz CT molecular complexity index is 917. The number of fused-ring (bicyclic) bond motifs is 1. The molecular formula is C20H19N3O3. The van der Waals surface area contributed by atoms with Crippen molar-refractivity contribution in [2.24, 2.45) is 0 Å². The molecule has 2 aliphatic heterocycles. The molecule has 1 saturated heterocycles. The first-order valence-electron chi connectivity index (χ1n) is 8.86. The number of aromatic nitrogens is 2. The first kappa shape index (κ1) is 15.4. The summed E-state index contributed by atoms with van der Waals surface area (Å²) in [5, 5.41) is 7.80. The molecule has 5 rings (SSSR count). The summed E-state index contributed by atoms with van der Waals surface area (Å²) in [6, 6.07) is 16.2. The van der Waals surface area contributed by atoms with Crippen LogP contribution in [0.4, 0.5) is 0 Å². The summed E-state index contributed by atoms with van der Waals surface area (Å²) >= 11 is 0. The molecule has 1 aromatic heterocycles. The molecule has 0 bridgehead atoms. The summed E-state index contributed by atoms with van der Waals surface area (Å²) in [6.45, 7) is 2.11. The van der Waals surface area contributed by atoms with Crippen molar-refractivity contribution in [3.05, 3.63) is 59.9 Å². The Labute approximate surface area is 151 Å². The highest BCUT2D eigenvalue weighted by Crippen LogP contribution is 2.40. The molecule has 0 aliphatic carbocycles. The van der Waals surface area contributed by atoms with E-state index in [1.807, 2.05) is 24.3 Å². The van der Waals surface area contributed by atoms with Crippen LogP contribution in [-0.4, -0.2) is 30.0 Å². The van der Waals surface area contributed by atoms with Gasteiger partial charge < -0.3 is 19.3 Å². The Balaban J connectivity index is 1.55. The van der Waals surface area contributed by atoms with Crippen molar-refractivity contribution in [1.29, 1.82) is 0 Å². The maximum absolute atomic E-state index is 5.63. The van der Waals surface area contributed by atoms with Crippen LogP contribution < -0.4 is 14.8 Å². The molecule has 2 aliphatic rings. The standard InChI is InChI=1S/C20H19N3O3/c1-2-4-15(5-3-1)20(8-10-21-11-9-20)19-22-18(26-23-19)14-6-7-16-17(12-14)25-13-24-16/h1-7,12,21H,8-11,13H2. The Morgan fingerprint density at radius 3 is 2.58 bits per heavy atom. The van der Waals surface area contributed by atoms with E-state index in [1.54, 1.807) is 0 Å². The van der Waals surface area contributed by atoms with Gasteiger partial charge in [0.05, 0.1) is 5.41 Å². The number of hydrogen-bond acceptors (Lipinski definition) is 6. The molecule has 0 amide bonds. The zero-order valence-electron chi connectivity index (χ0n) is 14.3. The van der Waals surface area contributed by atoms with E-state index >= 15 is 0 Å². The minimum atomic E-state index is -0.218. The summed E-state index contributed by atoms with van der Waals surface area (Å²) in [6.07, 6.45) is 1.88. The Kier molecular flexibility index (Phi) is 3.64. The minimum absolute atomic E-state index is 0.218. The lowest BCUT2D eigenvalue weighted by Gasteiger charge is -2.35. The van der Waals surface area contributed by atoms with Crippen molar-refractivity contribution in [2.45, 2.75) is 18.3 Å². The molecule has 1 N–H and O–H groups in total. The number of hydrogen-bond donors (Lipinski definition) is 1. The summed E-state index contributed by atoms with van der Waals surface area (Å²) < 4.78 is 16.5. The van der Waals surface area contributed by atoms with E-state index in [9.17, 15) is 0 Å². The van der Waals surface area contributed by atoms with Gasteiger partial charge in [0.2, 0.25) is 6.79 Å². The van der Waals surface area contributed by atoms with Gasteiger partial charge in [-0.1, -0.05) is 35.5 Å². The molecule has 132 valence electrons. The molecular weight excluding hydrogens is 330 g/mol. The molecule has 3 heterocycles. The predicted octanol–water partition coefficient (Wildman–Crippen LogP) is 3.13. The molecule has 26 heavy (non-hydrogen) atoms. The molecule has 1 fully saturated rings. The van der Waals surface area contributed by atoms with E-state index in [0.29, 0.717) is 11.6 Å². The third kappa shape index (κ3) is 2.45. The van der Waals surface area contributed by atoms with Gasteiger partial charge in [-0.3, -0.25) is 0 Å². The number of piperidine rings is 1. The monoisotopic (exact) mass is 349 g/mol. The second-order valence-corrected chi connectivity index (χ2v) is 6.69. The normalized spacial score (nSPS) is 18.0. The third-order valence-electron chi connectivity index (χ3n) is 5.26. The summed E-state index contributed by atoms with van der Waals surface area (Å²) in [4.78, 5) is 4.78. The zero-order valence-corrected chi connectivity index (χ0v) is 14.3. The second-order valence-electron chi connectivity index (χ2n) is 6.69. The molecule has 0 spiro atoms. The fraction of sp³-hybridized carbons (Fsp3) is 0.300. The molecule has 3 aromatic rings. The highest BCUT2D eigenvalue weighted by atomic mass is 16.7. The van der Waals surface area contributed by atoms with E-state index in [-0.39, 0.29) is 12.2 Å². The van der Waals surface area contributed by atoms with Gasteiger partial charge in [0.15, 0.2) is 17.3 Å². The van der Waals surface area contributed by atoms with Crippen molar-refractivity contribution < 1.29 is 14.0 Å². The lowest BCUT2D eigenvalue weighted by molar-refractivity contribution is 0.174. The Morgan fingerprint density at radius 1 is 0.923 bits per heavy atom. The first-order valence-corrected chi connectivity index (χ1v) is 8.86. The van der Waals surface area contributed by atoms with Crippen LogP contribution >= 0.6 is 0 Å². The van der Waals surface area contributed by atoms with E-state index in [1.165, 1.54) is 5.56 Å². The van der Waals surface area contributed by atoms with Gasteiger partial charge >= 0.3 is 0 Å². The smallest absolute Gasteiger partial charge is 0.258 e. The van der Waals surface area contributed by atoms with E-state index in [2.05, 4.69) is 34.7 Å². The third-order valence-corrected chi connectivity index (χ3v) is 5.26. The van der Waals surface area contributed by atoms with Gasteiger partial charge in [-0.2, -0.15) is 4.98 Å². The highest BCUT2D eigenvalue weighted by molar-refractivity contribution is 5.60. The largest absolute Gasteiger partial charge is 0.454 e. The topological polar surface area (TPSA) is 69.4 Å². The summed E-state index contributed by atoms with van der Waals surface area (Å²) in [7, 11) is 0. The number of rotatable bonds is 3. The van der Waals surface area contributed by atoms with Crippen LogP contribution in [0, 0.1) is 0 Å². The van der Waals surface area contributed by atoms with Crippen molar-refractivity contribution in [3.8, 4) is 23.0 Å². The van der Waals surface area contributed by atoms with Crippen molar-refractivity contribution >= 4 is 0 Å². The fourth-order valence-corrected chi connectivity index (χ4v) is 3.82. The van der Waals surface area contributed by atoms with Crippen LogP contribution in [0.2, 0.25) is 0 Å². The van der Waals surface area contributed by atoms with Gasteiger partial charge in [0.1, 0.15) is 0 Å².